The minimum absolute atomic E-state index is 0.536. The first-order valence-electron chi connectivity index (χ1n) is 6.32. The molecule has 0 aliphatic carbocycles. The van der Waals surface area contributed by atoms with Crippen molar-refractivity contribution in [2.45, 2.75) is 26.0 Å². The number of aryl methyl sites for hydroxylation is 1. The van der Waals surface area contributed by atoms with Crippen LogP contribution in [0, 0.1) is 0 Å². The summed E-state index contributed by atoms with van der Waals surface area (Å²) in [6, 6.07) is 3.90. The number of nitrogens with one attached hydrogen (secondary N) is 1. The zero-order valence-electron chi connectivity index (χ0n) is 11.6. The van der Waals surface area contributed by atoms with Gasteiger partial charge in [0.2, 0.25) is 0 Å². The van der Waals surface area contributed by atoms with Crippen molar-refractivity contribution in [1.82, 2.24) is 20.1 Å². The van der Waals surface area contributed by atoms with Crippen LogP contribution in [0.4, 0.5) is 0 Å². The van der Waals surface area contributed by atoms with Crippen molar-refractivity contribution >= 4 is 0 Å². The molecule has 0 spiro atoms. The van der Waals surface area contributed by atoms with Gasteiger partial charge in [0.05, 0.1) is 11.3 Å². The molecule has 0 amide bonds. The van der Waals surface area contributed by atoms with Gasteiger partial charge in [-0.15, -0.1) is 0 Å². The largest absolute Gasteiger partial charge is 0.389 e. The molecule has 102 valence electrons. The molecule has 2 aromatic heterocycles. The highest BCUT2D eigenvalue weighted by atomic mass is 16.3. The molecule has 0 saturated carbocycles. The van der Waals surface area contributed by atoms with Gasteiger partial charge in [-0.1, -0.05) is 0 Å². The average Bonchev–Trinajstić information content (AvgIpc) is 2.70. The van der Waals surface area contributed by atoms with E-state index in [1.165, 1.54) is 0 Å². The van der Waals surface area contributed by atoms with E-state index in [9.17, 15) is 5.11 Å². The number of hydrogen-bond acceptors (Lipinski definition) is 4. The van der Waals surface area contributed by atoms with Gasteiger partial charge in [-0.05, 0) is 26.0 Å². The van der Waals surface area contributed by atoms with Crippen molar-refractivity contribution in [1.29, 1.82) is 0 Å². The van der Waals surface area contributed by atoms with Crippen molar-refractivity contribution in [3.05, 3.63) is 36.3 Å². The quantitative estimate of drug-likeness (QED) is 0.851. The zero-order valence-corrected chi connectivity index (χ0v) is 11.6. The van der Waals surface area contributed by atoms with E-state index in [1.54, 1.807) is 24.7 Å². The second-order valence-electron chi connectivity index (χ2n) is 5.33. The van der Waals surface area contributed by atoms with Crippen molar-refractivity contribution in [3.8, 4) is 11.3 Å². The number of nitrogens with zero attached hydrogens (tertiary/aromatic N) is 3. The summed E-state index contributed by atoms with van der Waals surface area (Å²) in [5.41, 5.74) is 2.32. The average molecular weight is 260 g/mol. The maximum absolute atomic E-state index is 9.69. The van der Waals surface area contributed by atoms with Gasteiger partial charge in [0.1, 0.15) is 0 Å². The van der Waals surface area contributed by atoms with Crippen molar-refractivity contribution in [3.63, 3.8) is 0 Å². The molecule has 19 heavy (non-hydrogen) atoms. The third-order valence-electron chi connectivity index (χ3n) is 2.71. The van der Waals surface area contributed by atoms with Gasteiger partial charge in [-0.2, -0.15) is 5.10 Å². The van der Waals surface area contributed by atoms with Gasteiger partial charge in [0.25, 0.3) is 0 Å². The Morgan fingerprint density at radius 3 is 2.84 bits per heavy atom. The predicted octanol–water partition coefficient (Wildman–Crippen LogP) is 1.34. The lowest BCUT2D eigenvalue weighted by Crippen LogP contribution is -2.34. The van der Waals surface area contributed by atoms with Crippen LogP contribution < -0.4 is 5.32 Å². The number of pyridine rings is 1. The fourth-order valence-corrected chi connectivity index (χ4v) is 1.92. The topological polar surface area (TPSA) is 63.0 Å². The Kier molecular flexibility index (Phi) is 3.97. The van der Waals surface area contributed by atoms with E-state index in [4.69, 9.17) is 0 Å². The minimum Gasteiger partial charge on any atom is -0.389 e. The van der Waals surface area contributed by atoms with Crippen LogP contribution in [0.1, 0.15) is 19.4 Å². The van der Waals surface area contributed by atoms with E-state index < -0.39 is 5.60 Å². The van der Waals surface area contributed by atoms with E-state index in [-0.39, 0.29) is 0 Å². The molecule has 0 aromatic carbocycles. The normalized spacial score (nSPS) is 11.8. The number of aromatic nitrogens is 3. The molecular formula is C14H20N4O. The summed E-state index contributed by atoms with van der Waals surface area (Å²) in [6.45, 7) is 4.77. The summed E-state index contributed by atoms with van der Waals surface area (Å²) in [5.74, 6) is 0. The lowest BCUT2D eigenvalue weighted by Gasteiger charge is -2.17. The Bertz CT molecular complexity index is 528. The van der Waals surface area contributed by atoms with Gasteiger partial charge in [0.15, 0.2) is 0 Å². The van der Waals surface area contributed by atoms with Crippen LogP contribution >= 0.6 is 0 Å². The monoisotopic (exact) mass is 260 g/mol. The zero-order chi connectivity index (χ0) is 13.9. The third-order valence-corrected chi connectivity index (χ3v) is 2.71. The lowest BCUT2D eigenvalue weighted by molar-refractivity contribution is 0.0795. The van der Waals surface area contributed by atoms with Crippen LogP contribution in [0.25, 0.3) is 11.3 Å². The highest BCUT2D eigenvalue weighted by molar-refractivity contribution is 5.61. The van der Waals surface area contributed by atoms with E-state index in [1.807, 2.05) is 31.6 Å². The van der Waals surface area contributed by atoms with Gasteiger partial charge >= 0.3 is 0 Å². The predicted molar refractivity (Wildman–Crippen MR) is 74.4 cm³/mol. The van der Waals surface area contributed by atoms with Gasteiger partial charge in [-0.25, -0.2) is 0 Å². The summed E-state index contributed by atoms with van der Waals surface area (Å²) in [4.78, 5) is 4.12. The Balaban J connectivity index is 2.13. The maximum Gasteiger partial charge on any atom is 0.0983 e. The molecule has 2 heterocycles. The second kappa shape index (κ2) is 5.50. The summed E-state index contributed by atoms with van der Waals surface area (Å²) in [6.07, 6.45) is 5.54. The molecule has 0 bridgehead atoms. The smallest absolute Gasteiger partial charge is 0.0983 e. The molecule has 2 rings (SSSR count). The molecule has 0 unspecified atom stereocenters. The summed E-state index contributed by atoms with van der Waals surface area (Å²) < 4.78 is 1.80. The number of aliphatic hydroxyl groups is 1. The van der Waals surface area contributed by atoms with Crippen LogP contribution in [-0.2, 0) is 13.6 Å². The molecule has 5 heteroatoms. The van der Waals surface area contributed by atoms with Gasteiger partial charge < -0.3 is 10.4 Å². The van der Waals surface area contributed by atoms with E-state index in [0.717, 1.165) is 16.8 Å². The van der Waals surface area contributed by atoms with E-state index in [2.05, 4.69) is 15.4 Å². The summed E-state index contributed by atoms with van der Waals surface area (Å²) in [7, 11) is 1.90. The van der Waals surface area contributed by atoms with Gasteiger partial charge in [-0.3, -0.25) is 9.67 Å². The van der Waals surface area contributed by atoms with Crippen LogP contribution in [0.5, 0.6) is 0 Å². The molecule has 0 radical (unpaired) electrons. The third kappa shape index (κ3) is 3.87. The molecule has 5 nitrogen and oxygen atoms in total. The Hall–Kier alpha value is -1.72. The van der Waals surface area contributed by atoms with Crippen LogP contribution in [0.3, 0.4) is 0 Å². The second-order valence-corrected chi connectivity index (χ2v) is 5.33. The molecule has 0 atom stereocenters. The van der Waals surface area contributed by atoms with Crippen molar-refractivity contribution in [2.24, 2.45) is 7.05 Å². The lowest BCUT2D eigenvalue weighted by atomic mass is 10.1. The van der Waals surface area contributed by atoms with Crippen molar-refractivity contribution in [2.75, 3.05) is 6.54 Å². The van der Waals surface area contributed by atoms with E-state index in [0.29, 0.717) is 13.1 Å². The maximum atomic E-state index is 9.69. The van der Waals surface area contributed by atoms with Crippen molar-refractivity contribution < 1.29 is 5.11 Å². The number of rotatable bonds is 5. The molecule has 0 aliphatic heterocycles. The summed E-state index contributed by atoms with van der Waals surface area (Å²) in [5, 5.41) is 17.4. The number of hydrogen-bond donors (Lipinski definition) is 2. The molecule has 2 aromatic rings. The molecule has 0 saturated heterocycles. The Labute approximate surface area is 113 Å². The highest BCUT2D eigenvalue weighted by Gasteiger charge is 2.14. The first kappa shape index (κ1) is 13.7. The molecular weight excluding hydrogens is 240 g/mol. The van der Waals surface area contributed by atoms with Gasteiger partial charge in [0, 0.05) is 49.9 Å². The van der Waals surface area contributed by atoms with E-state index >= 15 is 0 Å². The highest BCUT2D eigenvalue weighted by Crippen LogP contribution is 2.20. The fraction of sp³-hybridized carbons (Fsp3) is 0.429. The van der Waals surface area contributed by atoms with Crippen LogP contribution in [0.15, 0.2) is 30.7 Å². The Morgan fingerprint density at radius 2 is 2.21 bits per heavy atom. The Morgan fingerprint density at radius 1 is 1.42 bits per heavy atom. The first-order chi connectivity index (χ1) is 8.96. The minimum atomic E-state index is -0.712. The molecule has 0 aliphatic rings. The first-order valence-corrected chi connectivity index (χ1v) is 6.32. The SMILES string of the molecule is Cn1cc(CNCC(C)(C)O)c(-c2cccnc2)n1. The van der Waals surface area contributed by atoms with Crippen LogP contribution in [-0.4, -0.2) is 32.0 Å². The molecule has 0 fully saturated rings. The molecule has 2 N–H and O–H groups in total. The fourth-order valence-electron chi connectivity index (χ4n) is 1.92. The van der Waals surface area contributed by atoms with Crippen LogP contribution in [0.2, 0.25) is 0 Å². The standard InChI is InChI=1S/C14H20N4O/c1-14(2,19)10-16-8-12-9-18(3)17-13(12)11-5-4-6-15-7-11/h4-7,9,16,19H,8,10H2,1-3H3. The summed E-state index contributed by atoms with van der Waals surface area (Å²) >= 11 is 0.